The Morgan fingerprint density at radius 2 is 2.08 bits per heavy atom. The average Bonchev–Trinajstić information content (AvgIpc) is 2.95. The second-order valence-corrected chi connectivity index (χ2v) is 8.44. The van der Waals surface area contributed by atoms with Crippen LogP contribution in [0.15, 0.2) is 24.3 Å². The molecule has 1 aromatic carbocycles. The number of carboxylic acid groups (broad SMARTS) is 1. The van der Waals surface area contributed by atoms with Gasteiger partial charge in [-0.3, -0.25) is 9.59 Å². The van der Waals surface area contributed by atoms with Crippen LogP contribution in [0.5, 0.6) is 0 Å². The number of carbonyl (C=O) groups is 3. The topological polar surface area (TPSA) is 89.5 Å². The van der Waals surface area contributed by atoms with Crippen molar-refractivity contribution in [3.63, 3.8) is 0 Å². The third-order valence-corrected chi connectivity index (χ3v) is 6.23. The number of nitrogens with zero attached hydrogens (tertiary/aromatic N) is 1. The molecule has 0 aromatic heterocycles. The Kier molecular flexibility index (Phi) is 4.29. The Morgan fingerprint density at radius 3 is 2.71 bits per heavy atom. The van der Waals surface area contributed by atoms with Crippen LogP contribution in [0.2, 0.25) is 0 Å². The number of rotatable bonds is 4. The molecule has 0 unspecified atom stereocenters. The second kappa shape index (κ2) is 6.00. The van der Waals surface area contributed by atoms with Crippen molar-refractivity contribution in [3.05, 3.63) is 35.4 Å². The minimum absolute atomic E-state index is 0.0774. The van der Waals surface area contributed by atoms with Gasteiger partial charge in [-0.1, -0.05) is 18.2 Å². The maximum atomic E-state index is 12.8. The zero-order chi connectivity index (χ0) is 17.6. The SMILES string of the molecule is CC1(C)S[C@@H]2c3ccccc3C(=O)N2[C@@H]1C(=O)N[C@@H](CS)C(=O)[O-]. The quantitative estimate of drug-likeness (QED) is 0.744. The monoisotopic (exact) mass is 365 g/mol. The molecule has 0 radical (unpaired) electrons. The largest absolute Gasteiger partial charge is 0.548 e. The summed E-state index contributed by atoms with van der Waals surface area (Å²) in [6, 6.07) is 5.32. The molecule has 1 N–H and O–H groups in total. The van der Waals surface area contributed by atoms with Gasteiger partial charge in [0.2, 0.25) is 5.91 Å². The number of thioether (sulfide) groups is 1. The lowest BCUT2D eigenvalue weighted by molar-refractivity contribution is -0.307. The normalized spacial score (nSPS) is 25.1. The van der Waals surface area contributed by atoms with Crippen molar-refractivity contribution in [3.8, 4) is 0 Å². The number of benzene rings is 1. The van der Waals surface area contributed by atoms with Crippen molar-refractivity contribution in [2.75, 3.05) is 5.75 Å². The summed E-state index contributed by atoms with van der Waals surface area (Å²) in [6.45, 7) is 3.76. The molecule has 2 aliphatic heterocycles. The first kappa shape index (κ1) is 17.2. The van der Waals surface area contributed by atoms with Crippen LogP contribution in [0, 0.1) is 0 Å². The van der Waals surface area contributed by atoms with Crippen LogP contribution in [0.3, 0.4) is 0 Å². The summed E-state index contributed by atoms with van der Waals surface area (Å²) in [6.07, 6.45) is 0. The molecule has 24 heavy (non-hydrogen) atoms. The van der Waals surface area contributed by atoms with Crippen molar-refractivity contribution in [1.29, 1.82) is 0 Å². The predicted octanol–water partition coefficient (Wildman–Crippen LogP) is 0.199. The summed E-state index contributed by atoms with van der Waals surface area (Å²) in [5.41, 5.74) is 1.48. The average molecular weight is 365 g/mol. The maximum absolute atomic E-state index is 12.8. The number of carbonyl (C=O) groups excluding carboxylic acids is 3. The van der Waals surface area contributed by atoms with Crippen LogP contribution in [-0.2, 0) is 9.59 Å². The molecule has 0 aliphatic carbocycles. The molecule has 3 rings (SSSR count). The van der Waals surface area contributed by atoms with Gasteiger partial charge in [0.15, 0.2) is 0 Å². The third kappa shape index (κ3) is 2.57. The molecule has 6 nitrogen and oxygen atoms in total. The number of thiol groups is 1. The lowest BCUT2D eigenvalue weighted by Gasteiger charge is -2.31. The van der Waals surface area contributed by atoms with E-state index in [4.69, 9.17) is 0 Å². The zero-order valence-electron chi connectivity index (χ0n) is 13.2. The summed E-state index contributed by atoms with van der Waals surface area (Å²) in [7, 11) is 0. The lowest BCUT2D eigenvalue weighted by atomic mass is 10.0. The predicted molar refractivity (Wildman–Crippen MR) is 91.6 cm³/mol. The molecule has 0 spiro atoms. The zero-order valence-corrected chi connectivity index (χ0v) is 14.9. The van der Waals surface area contributed by atoms with Crippen LogP contribution in [0.25, 0.3) is 0 Å². The smallest absolute Gasteiger partial charge is 0.256 e. The van der Waals surface area contributed by atoms with E-state index in [0.29, 0.717) is 5.56 Å². The molecule has 1 saturated heterocycles. The summed E-state index contributed by atoms with van der Waals surface area (Å²) in [5.74, 6) is -2.18. The number of fused-ring (bicyclic) bond motifs is 3. The molecule has 2 heterocycles. The first-order valence-electron chi connectivity index (χ1n) is 7.49. The molecule has 1 aromatic rings. The van der Waals surface area contributed by atoms with Gasteiger partial charge >= 0.3 is 0 Å². The van der Waals surface area contributed by atoms with Gasteiger partial charge in [0.05, 0.1) is 12.0 Å². The second-order valence-electron chi connectivity index (χ2n) is 6.34. The molecule has 1 fully saturated rings. The molecule has 3 atom stereocenters. The van der Waals surface area contributed by atoms with E-state index < -0.39 is 28.7 Å². The third-order valence-electron chi connectivity index (χ3n) is 4.33. The fourth-order valence-corrected chi connectivity index (χ4v) is 5.06. The molecular weight excluding hydrogens is 348 g/mol. The van der Waals surface area contributed by atoms with E-state index in [-0.39, 0.29) is 17.0 Å². The van der Waals surface area contributed by atoms with Gasteiger partial charge in [0.1, 0.15) is 11.4 Å². The summed E-state index contributed by atoms with van der Waals surface area (Å²) in [5, 5.41) is 13.3. The van der Waals surface area contributed by atoms with Gasteiger partial charge in [-0.2, -0.15) is 12.6 Å². The van der Waals surface area contributed by atoms with Crippen LogP contribution < -0.4 is 10.4 Å². The summed E-state index contributed by atoms with van der Waals surface area (Å²) in [4.78, 5) is 38.1. The Morgan fingerprint density at radius 1 is 1.42 bits per heavy atom. The number of hydrogen-bond donors (Lipinski definition) is 2. The standard InChI is InChI=1S/C16H18N2O4S2/c1-16(2)11(12(19)17-10(7-23)15(21)22)18-13(20)8-5-3-4-6-9(8)14(18)24-16/h3-6,10-11,14,23H,7H2,1-2H3,(H,17,19)(H,21,22)/p-1/t10-,11+,14+/m0/s1. The fourth-order valence-electron chi connectivity index (χ4n) is 3.23. The lowest BCUT2D eigenvalue weighted by Crippen LogP contribution is -2.58. The van der Waals surface area contributed by atoms with Crippen LogP contribution >= 0.6 is 24.4 Å². The molecule has 0 saturated carbocycles. The van der Waals surface area contributed by atoms with Crippen molar-refractivity contribution < 1.29 is 19.5 Å². The molecule has 128 valence electrons. The van der Waals surface area contributed by atoms with Gasteiger partial charge in [-0.15, -0.1) is 11.8 Å². The van der Waals surface area contributed by atoms with Crippen LogP contribution in [0.1, 0.15) is 35.1 Å². The van der Waals surface area contributed by atoms with E-state index in [9.17, 15) is 19.5 Å². The van der Waals surface area contributed by atoms with Crippen LogP contribution in [0.4, 0.5) is 0 Å². The van der Waals surface area contributed by atoms with E-state index in [0.717, 1.165) is 5.56 Å². The molecule has 2 aliphatic rings. The first-order valence-corrected chi connectivity index (χ1v) is 9.00. The van der Waals surface area contributed by atoms with Gasteiger partial charge in [0, 0.05) is 16.1 Å². The van der Waals surface area contributed by atoms with E-state index in [1.54, 1.807) is 17.0 Å². The summed E-state index contributed by atoms with van der Waals surface area (Å²) >= 11 is 5.45. The van der Waals surface area contributed by atoms with Crippen molar-refractivity contribution in [1.82, 2.24) is 10.2 Å². The number of amides is 2. The fraction of sp³-hybridized carbons (Fsp3) is 0.438. The van der Waals surface area contributed by atoms with Crippen molar-refractivity contribution in [2.24, 2.45) is 0 Å². The number of aliphatic carboxylic acids is 1. The van der Waals surface area contributed by atoms with Crippen LogP contribution in [-0.4, -0.2) is 45.3 Å². The summed E-state index contributed by atoms with van der Waals surface area (Å²) < 4.78 is -0.551. The van der Waals surface area contributed by atoms with Gasteiger partial charge in [-0.25, -0.2) is 0 Å². The van der Waals surface area contributed by atoms with Crippen molar-refractivity contribution >= 4 is 42.2 Å². The highest BCUT2D eigenvalue weighted by Gasteiger charge is 2.57. The Hall–Kier alpha value is -1.67. The molecule has 2 amide bonds. The maximum Gasteiger partial charge on any atom is 0.256 e. The van der Waals surface area contributed by atoms with Gasteiger partial charge in [0.25, 0.3) is 5.91 Å². The van der Waals surface area contributed by atoms with E-state index in [2.05, 4.69) is 17.9 Å². The van der Waals surface area contributed by atoms with Gasteiger partial charge < -0.3 is 20.1 Å². The minimum Gasteiger partial charge on any atom is -0.548 e. The minimum atomic E-state index is -1.39. The Labute approximate surface area is 149 Å². The Bertz CT molecular complexity index is 722. The highest BCUT2D eigenvalue weighted by Crippen LogP contribution is 2.56. The first-order chi connectivity index (χ1) is 11.3. The highest BCUT2D eigenvalue weighted by atomic mass is 32.2. The van der Waals surface area contributed by atoms with E-state index in [1.807, 2.05) is 26.0 Å². The van der Waals surface area contributed by atoms with E-state index in [1.165, 1.54) is 11.8 Å². The number of carboxylic acids is 1. The van der Waals surface area contributed by atoms with E-state index >= 15 is 0 Å². The molecule has 0 bridgehead atoms. The van der Waals surface area contributed by atoms with Gasteiger partial charge in [-0.05, 0) is 25.5 Å². The molecular formula is C16H17N2O4S2-. The number of hydrogen-bond acceptors (Lipinski definition) is 6. The molecule has 8 heteroatoms. The Balaban J connectivity index is 1.93. The number of nitrogens with one attached hydrogen (secondary N) is 1. The van der Waals surface area contributed by atoms with Crippen molar-refractivity contribution in [2.45, 2.75) is 36.1 Å². The highest BCUT2D eigenvalue weighted by molar-refractivity contribution is 8.01.